The van der Waals surface area contributed by atoms with Gasteiger partial charge in [0, 0.05) is 24.3 Å². The average Bonchev–Trinajstić information content (AvgIpc) is 2.87. The minimum absolute atomic E-state index is 0.0133. The first-order chi connectivity index (χ1) is 12.2. The van der Waals surface area contributed by atoms with Gasteiger partial charge in [-0.1, -0.05) is 26.0 Å². The van der Waals surface area contributed by atoms with Gasteiger partial charge in [0.2, 0.25) is 10.0 Å². The van der Waals surface area contributed by atoms with E-state index in [2.05, 4.69) is 5.10 Å². The summed E-state index contributed by atoms with van der Waals surface area (Å²) in [7, 11) is -3.56. The van der Waals surface area contributed by atoms with Crippen LogP contribution in [0.1, 0.15) is 31.5 Å². The Kier molecular flexibility index (Phi) is 5.16. The molecule has 8 heteroatoms. The molecule has 26 heavy (non-hydrogen) atoms. The summed E-state index contributed by atoms with van der Waals surface area (Å²) < 4.78 is 54.8. The van der Waals surface area contributed by atoms with E-state index >= 15 is 0 Å². The Balaban J connectivity index is 2.02. The van der Waals surface area contributed by atoms with E-state index in [1.807, 2.05) is 13.8 Å². The van der Waals surface area contributed by atoms with Gasteiger partial charge in [0.15, 0.2) is 0 Å². The molecular formula is C18H23F2N3O2S. The third-order valence-corrected chi connectivity index (χ3v) is 6.41. The van der Waals surface area contributed by atoms with Crippen LogP contribution in [0.2, 0.25) is 0 Å². The number of fused-ring (bicyclic) bond motifs is 1. The molecule has 0 radical (unpaired) electrons. The number of halogens is 2. The van der Waals surface area contributed by atoms with Crippen molar-refractivity contribution in [3.63, 3.8) is 0 Å². The molecule has 5 nitrogen and oxygen atoms in total. The van der Waals surface area contributed by atoms with Crippen LogP contribution in [-0.2, 0) is 23.0 Å². The molecule has 0 bridgehead atoms. The van der Waals surface area contributed by atoms with Crippen molar-refractivity contribution >= 4 is 10.0 Å². The summed E-state index contributed by atoms with van der Waals surface area (Å²) in [6, 6.07) is 6.38. The summed E-state index contributed by atoms with van der Waals surface area (Å²) in [5.74, 6) is -0.594. The predicted octanol–water partition coefficient (Wildman–Crippen LogP) is 3.09. The lowest BCUT2D eigenvalue weighted by atomic mass is 9.88. The van der Waals surface area contributed by atoms with Gasteiger partial charge in [-0.25, -0.2) is 17.5 Å². The second-order valence-electron chi connectivity index (χ2n) is 7.45. The van der Waals surface area contributed by atoms with Gasteiger partial charge >= 0.3 is 0 Å². The minimum atomic E-state index is -3.56. The van der Waals surface area contributed by atoms with Crippen LogP contribution >= 0.6 is 0 Å². The molecule has 0 unspecified atom stereocenters. The van der Waals surface area contributed by atoms with Crippen molar-refractivity contribution < 1.29 is 17.2 Å². The summed E-state index contributed by atoms with van der Waals surface area (Å²) >= 11 is 0. The Morgan fingerprint density at radius 3 is 2.69 bits per heavy atom. The topological polar surface area (TPSA) is 55.2 Å². The zero-order valence-corrected chi connectivity index (χ0v) is 15.8. The fourth-order valence-electron chi connectivity index (χ4n) is 3.35. The number of sulfonamides is 1. The van der Waals surface area contributed by atoms with E-state index in [1.54, 1.807) is 29.1 Å². The zero-order chi connectivity index (χ0) is 18.9. The smallest absolute Gasteiger partial charge is 0.214 e. The molecule has 0 amide bonds. The summed E-state index contributed by atoms with van der Waals surface area (Å²) in [5.41, 5.74) is 1.54. The summed E-state index contributed by atoms with van der Waals surface area (Å²) in [6.45, 7) is 3.78. The van der Waals surface area contributed by atoms with Crippen LogP contribution in [-0.4, -0.2) is 41.5 Å². The van der Waals surface area contributed by atoms with Gasteiger partial charge in [0.25, 0.3) is 0 Å². The molecule has 1 aliphatic rings. The van der Waals surface area contributed by atoms with Crippen LogP contribution in [0.25, 0.3) is 5.69 Å². The molecule has 0 atom stereocenters. The second-order valence-corrected chi connectivity index (χ2v) is 9.54. The van der Waals surface area contributed by atoms with Gasteiger partial charge in [-0.2, -0.15) is 9.40 Å². The number of hydrogen-bond acceptors (Lipinski definition) is 3. The van der Waals surface area contributed by atoms with Crippen LogP contribution in [0.15, 0.2) is 30.5 Å². The molecule has 1 aromatic carbocycles. The first kappa shape index (κ1) is 19.0. The van der Waals surface area contributed by atoms with E-state index in [0.29, 0.717) is 18.7 Å². The molecule has 0 N–H and O–H groups in total. The predicted molar refractivity (Wildman–Crippen MR) is 95.8 cm³/mol. The van der Waals surface area contributed by atoms with E-state index in [-0.39, 0.29) is 30.0 Å². The molecule has 0 fully saturated rings. The maximum atomic E-state index is 14.2. The highest BCUT2D eigenvalue weighted by atomic mass is 32.2. The number of alkyl halides is 1. The Hall–Kier alpha value is -1.80. The monoisotopic (exact) mass is 383 g/mol. The normalized spacial score (nSPS) is 17.7. The van der Waals surface area contributed by atoms with E-state index in [0.717, 1.165) is 11.3 Å². The average molecular weight is 383 g/mol. The summed E-state index contributed by atoms with van der Waals surface area (Å²) in [5, 5.41) is 4.31. The van der Waals surface area contributed by atoms with E-state index in [9.17, 15) is 17.2 Å². The fraction of sp³-hybridized carbons (Fsp3) is 0.500. The van der Waals surface area contributed by atoms with Crippen LogP contribution < -0.4 is 0 Å². The van der Waals surface area contributed by atoms with Crippen molar-refractivity contribution in [3.05, 3.63) is 47.5 Å². The van der Waals surface area contributed by atoms with Crippen molar-refractivity contribution in [1.29, 1.82) is 0 Å². The SMILES string of the molecule is CC1(C)Cc2c(cnn2-c2ccccc2F)CN(S(=O)(=O)CCCF)C1. The molecule has 0 spiro atoms. The quantitative estimate of drug-likeness (QED) is 0.797. The van der Waals surface area contributed by atoms with Crippen LogP contribution in [0.5, 0.6) is 0 Å². The zero-order valence-electron chi connectivity index (χ0n) is 15.0. The van der Waals surface area contributed by atoms with Crippen LogP contribution in [0.4, 0.5) is 8.78 Å². The second kappa shape index (κ2) is 7.08. The van der Waals surface area contributed by atoms with Crippen LogP contribution in [0, 0.1) is 11.2 Å². The third-order valence-electron chi connectivity index (χ3n) is 4.56. The summed E-state index contributed by atoms with van der Waals surface area (Å²) in [6.07, 6.45) is 2.15. The lowest BCUT2D eigenvalue weighted by molar-refractivity contribution is 0.263. The van der Waals surface area contributed by atoms with Gasteiger partial charge < -0.3 is 0 Å². The minimum Gasteiger partial charge on any atom is -0.251 e. The fourth-order valence-corrected chi connectivity index (χ4v) is 4.97. The molecule has 142 valence electrons. The third kappa shape index (κ3) is 3.81. The highest BCUT2D eigenvalue weighted by Crippen LogP contribution is 2.33. The first-order valence-corrected chi connectivity index (χ1v) is 10.2. The van der Waals surface area contributed by atoms with Crippen molar-refractivity contribution in [2.24, 2.45) is 5.41 Å². The maximum absolute atomic E-state index is 14.2. The Labute approximate surface area is 152 Å². The number of nitrogens with zero attached hydrogens (tertiary/aromatic N) is 3. The molecule has 2 aromatic rings. The van der Waals surface area contributed by atoms with Crippen molar-refractivity contribution in [3.8, 4) is 5.69 Å². The van der Waals surface area contributed by atoms with Crippen molar-refractivity contribution in [1.82, 2.24) is 14.1 Å². The van der Waals surface area contributed by atoms with E-state index in [4.69, 9.17) is 0 Å². The van der Waals surface area contributed by atoms with Crippen molar-refractivity contribution in [2.45, 2.75) is 33.2 Å². The van der Waals surface area contributed by atoms with Gasteiger partial charge in [0.1, 0.15) is 11.5 Å². The van der Waals surface area contributed by atoms with Gasteiger partial charge in [-0.05, 0) is 30.4 Å². The molecule has 0 saturated heterocycles. The van der Waals surface area contributed by atoms with Gasteiger partial charge in [-0.3, -0.25) is 4.39 Å². The molecule has 1 aromatic heterocycles. The molecule has 1 aliphatic heterocycles. The molecule has 3 rings (SSSR count). The molecular weight excluding hydrogens is 360 g/mol. The number of hydrogen-bond donors (Lipinski definition) is 0. The lowest BCUT2D eigenvalue weighted by Crippen LogP contribution is -2.38. The maximum Gasteiger partial charge on any atom is 0.214 e. The molecule has 0 aliphatic carbocycles. The first-order valence-electron chi connectivity index (χ1n) is 8.58. The Bertz CT molecular complexity index is 894. The van der Waals surface area contributed by atoms with Crippen LogP contribution in [0.3, 0.4) is 0 Å². The number of rotatable bonds is 5. The van der Waals surface area contributed by atoms with Gasteiger partial charge in [0.05, 0.1) is 18.6 Å². The van der Waals surface area contributed by atoms with E-state index < -0.39 is 16.7 Å². The van der Waals surface area contributed by atoms with E-state index in [1.165, 1.54) is 10.4 Å². The number of benzene rings is 1. The Morgan fingerprint density at radius 2 is 2.00 bits per heavy atom. The highest BCUT2D eigenvalue weighted by molar-refractivity contribution is 7.89. The summed E-state index contributed by atoms with van der Waals surface area (Å²) in [4.78, 5) is 0. The number of para-hydroxylation sites is 1. The standard InChI is InChI=1S/C18H23F2N3O2S/c1-18(2)10-17-14(12-22(13-18)26(24,25)9-5-8-19)11-21-23(17)16-7-4-3-6-15(16)20/h3-4,6-7,11H,5,8-10,12-13H2,1-2H3. The largest absolute Gasteiger partial charge is 0.251 e. The highest BCUT2D eigenvalue weighted by Gasteiger charge is 2.35. The van der Waals surface area contributed by atoms with Crippen molar-refractivity contribution in [2.75, 3.05) is 19.0 Å². The van der Waals surface area contributed by atoms with Gasteiger partial charge in [-0.15, -0.1) is 0 Å². The molecule has 2 heterocycles. The lowest BCUT2D eigenvalue weighted by Gasteiger charge is -2.29. The number of aromatic nitrogens is 2. The Morgan fingerprint density at radius 1 is 1.27 bits per heavy atom. The molecule has 0 saturated carbocycles.